The molecule has 2 atom stereocenters. The number of aromatic nitrogens is 1. The number of rotatable bonds is 7. The fraction of sp³-hybridized carbons (Fsp3) is 0.688. The SMILES string of the molecule is CCCCC(NCCC)C1CCc2cccnc21. The summed E-state index contributed by atoms with van der Waals surface area (Å²) in [6.07, 6.45) is 9.54. The minimum Gasteiger partial charge on any atom is -0.313 e. The van der Waals surface area contributed by atoms with Gasteiger partial charge >= 0.3 is 0 Å². The van der Waals surface area contributed by atoms with Crippen LogP contribution in [0.2, 0.25) is 0 Å². The quantitative estimate of drug-likeness (QED) is 0.794. The smallest absolute Gasteiger partial charge is 0.0482 e. The Morgan fingerprint density at radius 2 is 2.28 bits per heavy atom. The minimum absolute atomic E-state index is 0.626. The van der Waals surface area contributed by atoms with E-state index in [9.17, 15) is 0 Å². The van der Waals surface area contributed by atoms with Gasteiger partial charge in [0.1, 0.15) is 0 Å². The van der Waals surface area contributed by atoms with Gasteiger partial charge in [-0.15, -0.1) is 0 Å². The van der Waals surface area contributed by atoms with Crippen LogP contribution in [0.4, 0.5) is 0 Å². The van der Waals surface area contributed by atoms with Crippen molar-refractivity contribution >= 4 is 0 Å². The molecule has 0 spiro atoms. The van der Waals surface area contributed by atoms with E-state index >= 15 is 0 Å². The van der Waals surface area contributed by atoms with E-state index < -0.39 is 0 Å². The van der Waals surface area contributed by atoms with Crippen molar-refractivity contribution in [2.75, 3.05) is 6.54 Å². The first-order valence-electron chi connectivity index (χ1n) is 7.54. The lowest BCUT2D eigenvalue weighted by Crippen LogP contribution is -2.35. The molecular weight excluding hydrogens is 220 g/mol. The molecule has 18 heavy (non-hydrogen) atoms. The molecule has 0 bridgehead atoms. The number of nitrogens with one attached hydrogen (secondary N) is 1. The Labute approximate surface area is 111 Å². The summed E-state index contributed by atoms with van der Waals surface area (Å²) in [6, 6.07) is 4.95. The van der Waals surface area contributed by atoms with E-state index in [2.05, 4.69) is 36.3 Å². The first-order chi connectivity index (χ1) is 8.86. The summed E-state index contributed by atoms with van der Waals surface area (Å²) in [7, 11) is 0. The van der Waals surface area contributed by atoms with Crippen molar-refractivity contribution in [1.82, 2.24) is 10.3 Å². The van der Waals surface area contributed by atoms with Crippen LogP contribution in [-0.2, 0) is 6.42 Å². The van der Waals surface area contributed by atoms with E-state index in [4.69, 9.17) is 0 Å². The van der Waals surface area contributed by atoms with Gasteiger partial charge in [-0.3, -0.25) is 4.98 Å². The van der Waals surface area contributed by atoms with Crippen molar-refractivity contribution in [3.63, 3.8) is 0 Å². The summed E-state index contributed by atoms with van der Waals surface area (Å²) in [5.41, 5.74) is 2.84. The molecule has 1 N–H and O–H groups in total. The molecule has 2 rings (SSSR count). The highest BCUT2D eigenvalue weighted by atomic mass is 14.9. The van der Waals surface area contributed by atoms with Gasteiger partial charge in [0.25, 0.3) is 0 Å². The lowest BCUT2D eigenvalue weighted by Gasteiger charge is -2.25. The summed E-state index contributed by atoms with van der Waals surface area (Å²) in [4.78, 5) is 4.64. The highest BCUT2D eigenvalue weighted by Crippen LogP contribution is 2.35. The van der Waals surface area contributed by atoms with Crippen LogP contribution in [-0.4, -0.2) is 17.6 Å². The molecule has 1 aromatic heterocycles. The maximum absolute atomic E-state index is 4.64. The molecule has 2 nitrogen and oxygen atoms in total. The fourth-order valence-electron chi connectivity index (χ4n) is 3.03. The number of unbranched alkanes of at least 4 members (excludes halogenated alkanes) is 1. The zero-order valence-electron chi connectivity index (χ0n) is 11.8. The Balaban J connectivity index is 2.06. The molecule has 1 aromatic rings. The van der Waals surface area contributed by atoms with Crippen LogP contribution in [0.1, 0.15) is 63.1 Å². The second kappa shape index (κ2) is 6.89. The Kier molecular flexibility index (Phi) is 5.18. The number of hydrogen-bond donors (Lipinski definition) is 1. The lowest BCUT2D eigenvalue weighted by atomic mass is 9.92. The van der Waals surface area contributed by atoms with Crippen molar-refractivity contribution in [3.05, 3.63) is 29.6 Å². The molecule has 1 heterocycles. The summed E-state index contributed by atoms with van der Waals surface area (Å²) >= 11 is 0. The monoisotopic (exact) mass is 246 g/mol. The van der Waals surface area contributed by atoms with Crippen LogP contribution < -0.4 is 5.32 Å². The van der Waals surface area contributed by atoms with Crippen molar-refractivity contribution in [2.24, 2.45) is 0 Å². The molecular formula is C16H26N2. The van der Waals surface area contributed by atoms with Crippen molar-refractivity contribution in [2.45, 2.75) is 64.3 Å². The van der Waals surface area contributed by atoms with Crippen molar-refractivity contribution < 1.29 is 0 Å². The minimum atomic E-state index is 0.626. The molecule has 0 aliphatic heterocycles. The van der Waals surface area contributed by atoms with Gasteiger partial charge in [-0.2, -0.15) is 0 Å². The highest BCUT2D eigenvalue weighted by molar-refractivity contribution is 5.29. The van der Waals surface area contributed by atoms with Gasteiger partial charge < -0.3 is 5.32 Å². The Bertz CT molecular complexity index is 354. The summed E-state index contributed by atoms with van der Waals surface area (Å²) in [5, 5.41) is 3.75. The highest BCUT2D eigenvalue weighted by Gasteiger charge is 2.29. The van der Waals surface area contributed by atoms with Crippen LogP contribution in [0.25, 0.3) is 0 Å². The summed E-state index contributed by atoms with van der Waals surface area (Å²) in [6.45, 7) is 5.65. The third-order valence-corrected chi connectivity index (χ3v) is 4.01. The van der Waals surface area contributed by atoms with Crippen LogP contribution in [0, 0.1) is 0 Å². The third kappa shape index (κ3) is 3.11. The molecule has 0 fully saturated rings. The maximum atomic E-state index is 4.64. The molecule has 0 amide bonds. The summed E-state index contributed by atoms with van der Waals surface area (Å²) in [5.74, 6) is 0.638. The van der Waals surface area contributed by atoms with Crippen LogP contribution in [0.15, 0.2) is 18.3 Å². The predicted molar refractivity (Wildman–Crippen MR) is 76.9 cm³/mol. The van der Waals surface area contributed by atoms with Crippen molar-refractivity contribution in [3.8, 4) is 0 Å². The van der Waals surface area contributed by atoms with Crippen molar-refractivity contribution in [1.29, 1.82) is 0 Å². The molecule has 0 saturated heterocycles. The predicted octanol–water partition coefficient (Wildman–Crippen LogP) is 3.67. The molecule has 0 aromatic carbocycles. The number of hydrogen-bond acceptors (Lipinski definition) is 2. The molecule has 100 valence electrons. The zero-order chi connectivity index (χ0) is 12.8. The van der Waals surface area contributed by atoms with E-state index in [1.165, 1.54) is 49.8 Å². The third-order valence-electron chi connectivity index (χ3n) is 4.01. The van der Waals surface area contributed by atoms with Crippen LogP contribution in [0.3, 0.4) is 0 Å². The molecule has 1 aliphatic carbocycles. The molecule has 2 heteroatoms. The molecule has 0 radical (unpaired) electrons. The van der Waals surface area contributed by atoms with Gasteiger partial charge in [0.15, 0.2) is 0 Å². The Morgan fingerprint density at radius 1 is 1.39 bits per heavy atom. The average molecular weight is 246 g/mol. The zero-order valence-corrected chi connectivity index (χ0v) is 11.8. The van der Waals surface area contributed by atoms with Gasteiger partial charge in [0, 0.05) is 23.9 Å². The molecule has 2 unspecified atom stereocenters. The lowest BCUT2D eigenvalue weighted by molar-refractivity contribution is 0.391. The topological polar surface area (TPSA) is 24.9 Å². The first-order valence-corrected chi connectivity index (χ1v) is 7.54. The first kappa shape index (κ1) is 13.5. The number of aryl methyl sites for hydroxylation is 1. The van der Waals surface area contributed by atoms with Crippen LogP contribution in [0.5, 0.6) is 0 Å². The van der Waals surface area contributed by atoms with Gasteiger partial charge in [-0.05, 0) is 43.9 Å². The normalized spacial score (nSPS) is 19.8. The standard InChI is InChI=1S/C16H26N2/c1-3-5-8-15(17-11-4-2)14-10-9-13-7-6-12-18-16(13)14/h6-7,12,14-15,17H,3-5,8-11H2,1-2H3. The fourth-order valence-corrected chi connectivity index (χ4v) is 3.03. The van der Waals surface area contributed by atoms with E-state index in [0.717, 1.165) is 6.54 Å². The van der Waals surface area contributed by atoms with Gasteiger partial charge in [-0.25, -0.2) is 0 Å². The molecule has 0 saturated carbocycles. The number of nitrogens with zero attached hydrogens (tertiary/aromatic N) is 1. The second-order valence-corrected chi connectivity index (χ2v) is 5.40. The Hall–Kier alpha value is -0.890. The average Bonchev–Trinajstić information content (AvgIpc) is 2.83. The van der Waals surface area contributed by atoms with Gasteiger partial charge in [0.05, 0.1) is 0 Å². The Morgan fingerprint density at radius 3 is 3.06 bits per heavy atom. The molecule has 1 aliphatic rings. The van der Waals surface area contributed by atoms with Gasteiger partial charge in [-0.1, -0.05) is 32.8 Å². The van der Waals surface area contributed by atoms with E-state index in [-0.39, 0.29) is 0 Å². The number of fused-ring (bicyclic) bond motifs is 1. The summed E-state index contributed by atoms with van der Waals surface area (Å²) < 4.78 is 0. The van der Waals surface area contributed by atoms with Gasteiger partial charge in [0.2, 0.25) is 0 Å². The van der Waals surface area contributed by atoms with E-state index in [0.29, 0.717) is 12.0 Å². The number of pyridine rings is 1. The maximum Gasteiger partial charge on any atom is 0.0482 e. The largest absolute Gasteiger partial charge is 0.313 e. The van der Waals surface area contributed by atoms with Crippen LogP contribution >= 0.6 is 0 Å². The van der Waals surface area contributed by atoms with E-state index in [1.54, 1.807) is 0 Å². The second-order valence-electron chi connectivity index (χ2n) is 5.40. The van der Waals surface area contributed by atoms with E-state index in [1.807, 2.05) is 6.20 Å².